The van der Waals surface area contributed by atoms with Crippen LogP contribution in [0.5, 0.6) is 11.5 Å². The maximum atomic E-state index is 13.2. The average Bonchev–Trinajstić information content (AvgIpc) is 3.40. The van der Waals surface area contributed by atoms with E-state index in [2.05, 4.69) is 10.3 Å². The first kappa shape index (κ1) is 24.9. The first-order valence-corrected chi connectivity index (χ1v) is 13.9. The molecule has 0 atom stereocenters. The molecule has 10 heteroatoms. The van der Waals surface area contributed by atoms with Gasteiger partial charge in [0.25, 0.3) is 5.91 Å². The third-order valence-electron chi connectivity index (χ3n) is 6.25. The van der Waals surface area contributed by atoms with Gasteiger partial charge in [0, 0.05) is 29.6 Å². The number of carbonyl (C=O) groups is 1. The highest BCUT2D eigenvalue weighted by Crippen LogP contribution is 2.33. The summed E-state index contributed by atoms with van der Waals surface area (Å²) in [6.45, 7) is 0.765. The van der Waals surface area contributed by atoms with Gasteiger partial charge in [-0.05, 0) is 60.0 Å². The van der Waals surface area contributed by atoms with Crippen LogP contribution in [0.25, 0.3) is 11.3 Å². The van der Waals surface area contributed by atoms with Crippen molar-refractivity contribution in [2.45, 2.75) is 17.9 Å². The van der Waals surface area contributed by atoms with Gasteiger partial charge in [0.2, 0.25) is 10.0 Å². The topological polar surface area (TPSA) is 97.8 Å². The molecule has 4 aromatic rings. The fourth-order valence-electron chi connectivity index (χ4n) is 4.23. The van der Waals surface area contributed by atoms with Crippen LogP contribution in [0.1, 0.15) is 21.5 Å². The number of methoxy groups -OCH3 is 2. The van der Waals surface area contributed by atoms with Crippen molar-refractivity contribution in [3.63, 3.8) is 0 Å². The summed E-state index contributed by atoms with van der Waals surface area (Å²) < 4.78 is 38.5. The Morgan fingerprint density at radius 3 is 2.43 bits per heavy atom. The second-order valence-corrected chi connectivity index (χ2v) is 11.2. The molecule has 1 N–H and O–H groups in total. The minimum Gasteiger partial charge on any atom is -0.493 e. The molecule has 1 aliphatic heterocycles. The van der Waals surface area contributed by atoms with Crippen LogP contribution in [0.2, 0.25) is 0 Å². The van der Waals surface area contributed by atoms with Crippen LogP contribution < -0.4 is 14.8 Å². The summed E-state index contributed by atoms with van der Waals surface area (Å²) in [5, 5.41) is 5.05. The molecule has 3 aromatic carbocycles. The van der Waals surface area contributed by atoms with Crippen molar-refractivity contribution in [2.24, 2.45) is 0 Å². The summed E-state index contributed by atoms with van der Waals surface area (Å²) in [7, 11) is -0.534. The Balaban J connectivity index is 1.27. The molecule has 8 nitrogen and oxygen atoms in total. The molecule has 0 spiro atoms. The number of hydrogen-bond acceptors (Lipinski definition) is 7. The number of aromatic nitrogens is 1. The number of nitrogens with zero attached hydrogens (tertiary/aromatic N) is 2. The fourth-order valence-corrected chi connectivity index (χ4v) is 6.36. The number of hydrogen-bond donors (Lipinski definition) is 1. The van der Waals surface area contributed by atoms with E-state index in [4.69, 9.17) is 9.47 Å². The third kappa shape index (κ3) is 5.08. The lowest BCUT2D eigenvalue weighted by molar-refractivity contribution is 0.102. The normalized spacial score (nSPS) is 13.6. The Hall–Kier alpha value is -3.73. The standard InChI is InChI=1S/C27H25N3O5S2/c1-34-24-12-9-20(15-25(24)35-2)23-17-36-27(28-23)29-26(31)19-7-10-22(11-8-19)37(32,33)30-14-13-18-5-3-4-6-21(18)16-30/h3-12,15,17H,13-14,16H2,1-2H3,(H,28,29,31). The van der Waals surface area contributed by atoms with E-state index in [1.54, 1.807) is 20.3 Å². The molecule has 1 amide bonds. The van der Waals surface area contributed by atoms with Gasteiger partial charge in [0.15, 0.2) is 16.6 Å². The predicted molar refractivity (Wildman–Crippen MR) is 143 cm³/mol. The Kier molecular flexibility index (Phi) is 6.96. The van der Waals surface area contributed by atoms with E-state index in [1.807, 2.05) is 41.8 Å². The van der Waals surface area contributed by atoms with E-state index in [-0.39, 0.29) is 10.8 Å². The Morgan fingerprint density at radius 1 is 0.973 bits per heavy atom. The van der Waals surface area contributed by atoms with E-state index in [0.29, 0.717) is 47.4 Å². The summed E-state index contributed by atoms with van der Waals surface area (Å²) in [6, 6.07) is 19.3. The Morgan fingerprint density at radius 2 is 1.70 bits per heavy atom. The van der Waals surface area contributed by atoms with Gasteiger partial charge in [-0.1, -0.05) is 24.3 Å². The van der Waals surface area contributed by atoms with Gasteiger partial charge in [0.05, 0.1) is 24.8 Å². The summed E-state index contributed by atoms with van der Waals surface area (Å²) in [6.07, 6.45) is 0.676. The Bertz CT molecular complexity index is 1550. The average molecular weight is 536 g/mol. The van der Waals surface area contributed by atoms with E-state index < -0.39 is 10.0 Å². The molecule has 0 fully saturated rings. The molecule has 1 aromatic heterocycles. The van der Waals surface area contributed by atoms with Gasteiger partial charge in [-0.25, -0.2) is 13.4 Å². The first-order valence-electron chi connectivity index (χ1n) is 11.6. The Labute approximate surface area is 219 Å². The van der Waals surface area contributed by atoms with Gasteiger partial charge in [0.1, 0.15) is 0 Å². The number of nitrogens with one attached hydrogen (secondary N) is 1. The molecular weight excluding hydrogens is 510 g/mol. The lowest BCUT2D eigenvalue weighted by atomic mass is 10.0. The van der Waals surface area contributed by atoms with Crippen LogP contribution >= 0.6 is 11.3 Å². The maximum absolute atomic E-state index is 13.2. The van der Waals surface area contributed by atoms with E-state index in [1.165, 1.54) is 45.5 Å². The number of rotatable bonds is 7. The lowest BCUT2D eigenvalue weighted by Gasteiger charge is -2.28. The van der Waals surface area contributed by atoms with Gasteiger partial charge >= 0.3 is 0 Å². The predicted octanol–water partition coefficient (Wildman–Crippen LogP) is 4.83. The van der Waals surface area contributed by atoms with Crippen molar-refractivity contribution in [3.8, 4) is 22.8 Å². The summed E-state index contributed by atoms with van der Waals surface area (Å²) in [4.78, 5) is 17.5. The zero-order valence-electron chi connectivity index (χ0n) is 20.3. The second kappa shape index (κ2) is 10.3. The molecule has 0 aliphatic carbocycles. The molecule has 0 radical (unpaired) electrons. The highest BCUT2D eigenvalue weighted by Gasteiger charge is 2.28. The van der Waals surface area contributed by atoms with Crippen molar-refractivity contribution >= 4 is 32.4 Å². The lowest BCUT2D eigenvalue weighted by Crippen LogP contribution is -2.35. The van der Waals surface area contributed by atoms with Crippen LogP contribution in [0, 0.1) is 0 Å². The van der Waals surface area contributed by atoms with E-state index in [0.717, 1.165) is 11.1 Å². The van der Waals surface area contributed by atoms with Gasteiger partial charge in [-0.3, -0.25) is 10.1 Å². The largest absolute Gasteiger partial charge is 0.493 e. The van der Waals surface area contributed by atoms with Gasteiger partial charge in [-0.15, -0.1) is 11.3 Å². The van der Waals surface area contributed by atoms with Crippen LogP contribution in [-0.4, -0.2) is 44.4 Å². The fraction of sp³-hybridized carbons (Fsp3) is 0.185. The number of anilines is 1. The smallest absolute Gasteiger partial charge is 0.257 e. The molecule has 5 rings (SSSR count). The van der Waals surface area contributed by atoms with Crippen LogP contribution in [-0.2, 0) is 23.0 Å². The molecule has 0 bridgehead atoms. The molecule has 1 aliphatic rings. The molecule has 190 valence electrons. The van der Waals surface area contributed by atoms with Crippen molar-refractivity contribution in [1.82, 2.24) is 9.29 Å². The highest BCUT2D eigenvalue weighted by molar-refractivity contribution is 7.89. The molecule has 2 heterocycles. The minimum absolute atomic E-state index is 0.161. The maximum Gasteiger partial charge on any atom is 0.257 e. The molecular formula is C27H25N3O5S2. The van der Waals surface area contributed by atoms with Gasteiger partial charge in [-0.2, -0.15) is 4.31 Å². The molecule has 0 saturated carbocycles. The van der Waals surface area contributed by atoms with Crippen molar-refractivity contribution in [2.75, 3.05) is 26.1 Å². The zero-order chi connectivity index (χ0) is 26.0. The van der Waals surface area contributed by atoms with E-state index >= 15 is 0 Å². The number of ether oxygens (including phenoxy) is 2. The molecule has 0 unspecified atom stereocenters. The van der Waals surface area contributed by atoms with Crippen LogP contribution in [0.15, 0.2) is 77.0 Å². The first-order chi connectivity index (χ1) is 17.9. The number of fused-ring (bicyclic) bond motifs is 1. The number of thiazole rings is 1. The monoisotopic (exact) mass is 535 g/mol. The van der Waals surface area contributed by atoms with Crippen molar-refractivity contribution < 1.29 is 22.7 Å². The number of sulfonamides is 1. The SMILES string of the molecule is COc1ccc(-c2csc(NC(=O)c3ccc(S(=O)(=O)N4CCc5ccccc5C4)cc3)n2)cc1OC. The summed E-state index contributed by atoms with van der Waals surface area (Å²) in [5.74, 6) is 0.831. The summed E-state index contributed by atoms with van der Waals surface area (Å²) in [5.41, 5.74) is 4.04. The van der Waals surface area contributed by atoms with Crippen LogP contribution in [0.3, 0.4) is 0 Å². The molecule has 37 heavy (non-hydrogen) atoms. The number of benzene rings is 3. The summed E-state index contributed by atoms with van der Waals surface area (Å²) >= 11 is 1.29. The molecule has 0 saturated heterocycles. The van der Waals surface area contributed by atoms with Crippen molar-refractivity contribution in [1.29, 1.82) is 0 Å². The second-order valence-electron chi connectivity index (χ2n) is 8.44. The van der Waals surface area contributed by atoms with Crippen LogP contribution in [0.4, 0.5) is 5.13 Å². The van der Waals surface area contributed by atoms with Gasteiger partial charge < -0.3 is 9.47 Å². The number of carbonyl (C=O) groups excluding carboxylic acids is 1. The number of amides is 1. The third-order valence-corrected chi connectivity index (χ3v) is 8.87. The minimum atomic E-state index is -3.67. The van der Waals surface area contributed by atoms with Crippen molar-refractivity contribution in [3.05, 3.63) is 88.8 Å². The van der Waals surface area contributed by atoms with E-state index in [9.17, 15) is 13.2 Å². The highest BCUT2D eigenvalue weighted by atomic mass is 32.2. The quantitative estimate of drug-likeness (QED) is 0.364. The zero-order valence-corrected chi connectivity index (χ0v) is 21.9.